The van der Waals surface area contributed by atoms with Gasteiger partial charge in [0.15, 0.2) is 0 Å². The SMILES string of the molecule is COc1cc(C)[nH]c(=O)c1CNC(=O)c1cc2c(-c3ccc(F)cc3)ccn2c(C(C)N2CCN(CC(F)(F)F)CC2)c1C. The first-order valence-electron chi connectivity index (χ1n) is 14.3. The molecule has 1 aliphatic rings. The number of fused-ring (bicyclic) bond motifs is 1. The molecule has 1 aromatic carbocycles. The summed E-state index contributed by atoms with van der Waals surface area (Å²) < 4.78 is 60.0. The van der Waals surface area contributed by atoms with Crippen molar-refractivity contribution < 1.29 is 27.1 Å². The molecule has 5 rings (SSSR count). The van der Waals surface area contributed by atoms with Gasteiger partial charge in [-0.15, -0.1) is 0 Å². The largest absolute Gasteiger partial charge is 0.496 e. The van der Waals surface area contributed by atoms with Crippen molar-refractivity contribution in [3.05, 3.63) is 92.9 Å². The molecule has 1 amide bonds. The van der Waals surface area contributed by atoms with Gasteiger partial charge in [-0.2, -0.15) is 13.2 Å². The van der Waals surface area contributed by atoms with Crippen LogP contribution in [0.5, 0.6) is 5.75 Å². The Kier molecular flexibility index (Phi) is 8.85. The number of rotatable bonds is 8. The number of benzene rings is 1. The van der Waals surface area contributed by atoms with Crippen molar-refractivity contribution in [2.24, 2.45) is 0 Å². The second-order valence-corrected chi connectivity index (χ2v) is 11.2. The highest BCUT2D eigenvalue weighted by Gasteiger charge is 2.34. The number of carbonyl (C=O) groups excluding carboxylic acids is 1. The van der Waals surface area contributed by atoms with Crippen LogP contribution in [0.1, 0.15) is 45.8 Å². The Hall–Kier alpha value is -4.16. The third-order valence-corrected chi connectivity index (χ3v) is 8.28. The van der Waals surface area contributed by atoms with Crippen LogP contribution in [0.3, 0.4) is 0 Å². The molecule has 3 aromatic heterocycles. The van der Waals surface area contributed by atoms with Crippen LogP contribution in [0.2, 0.25) is 0 Å². The zero-order valence-electron chi connectivity index (χ0n) is 25.0. The van der Waals surface area contributed by atoms with Gasteiger partial charge in [-0.3, -0.25) is 19.4 Å². The Morgan fingerprint density at radius 3 is 2.39 bits per heavy atom. The molecule has 8 nitrogen and oxygen atoms in total. The average molecular weight is 614 g/mol. The maximum Gasteiger partial charge on any atom is 0.401 e. The number of ether oxygens (including phenoxy) is 1. The normalized spacial score (nSPS) is 15.5. The van der Waals surface area contributed by atoms with Crippen LogP contribution >= 0.6 is 0 Å². The molecule has 0 radical (unpaired) electrons. The van der Waals surface area contributed by atoms with Gasteiger partial charge < -0.3 is 19.4 Å². The molecule has 234 valence electrons. The van der Waals surface area contributed by atoms with Gasteiger partial charge in [0.2, 0.25) is 0 Å². The third-order valence-electron chi connectivity index (χ3n) is 8.28. The summed E-state index contributed by atoms with van der Waals surface area (Å²) in [6.45, 7) is 5.94. The fourth-order valence-electron chi connectivity index (χ4n) is 6.02. The van der Waals surface area contributed by atoms with Gasteiger partial charge in [-0.05, 0) is 62.2 Å². The molecule has 0 bridgehead atoms. The van der Waals surface area contributed by atoms with E-state index in [1.807, 2.05) is 30.5 Å². The van der Waals surface area contributed by atoms with Crippen molar-refractivity contribution in [1.29, 1.82) is 0 Å². The van der Waals surface area contributed by atoms with Gasteiger partial charge in [0.25, 0.3) is 11.5 Å². The number of pyridine rings is 2. The molecule has 0 spiro atoms. The van der Waals surface area contributed by atoms with E-state index in [-0.39, 0.29) is 42.6 Å². The standard InChI is InChI=1S/C32H35F4N5O3/c1-19-15-28(44-4)26(31(43)38-19)17-37-30(42)25-16-27-24(22-5-7-23(33)8-6-22)9-10-41(27)29(20(25)2)21(3)40-13-11-39(12-14-40)18-32(34,35)36/h5-10,15-16,21H,11-14,17-18H2,1-4H3,(H,37,42)(H,38,43). The summed E-state index contributed by atoms with van der Waals surface area (Å²) >= 11 is 0. The number of aryl methyl sites for hydroxylation is 1. The van der Waals surface area contributed by atoms with Crippen molar-refractivity contribution in [3.8, 4) is 16.9 Å². The maximum atomic E-state index is 13.8. The molecular weight excluding hydrogens is 578 g/mol. The van der Waals surface area contributed by atoms with E-state index in [4.69, 9.17) is 4.74 Å². The summed E-state index contributed by atoms with van der Waals surface area (Å²) in [6.07, 6.45) is -2.36. The molecule has 1 unspecified atom stereocenters. The molecule has 1 saturated heterocycles. The molecule has 44 heavy (non-hydrogen) atoms. The number of amides is 1. The van der Waals surface area contributed by atoms with Crippen molar-refractivity contribution >= 4 is 11.4 Å². The topological polar surface area (TPSA) is 82.1 Å². The van der Waals surface area contributed by atoms with Gasteiger partial charge in [-0.1, -0.05) is 12.1 Å². The number of halogens is 4. The van der Waals surface area contributed by atoms with E-state index in [1.165, 1.54) is 24.1 Å². The third kappa shape index (κ3) is 6.51. The maximum absolute atomic E-state index is 13.8. The summed E-state index contributed by atoms with van der Waals surface area (Å²) in [6, 6.07) is 11.2. The van der Waals surface area contributed by atoms with Crippen molar-refractivity contribution in [2.45, 2.75) is 39.5 Å². The van der Waals surface area contributed by atoms with Gasteiger partial charge in [0, 0.05) is 60.9 Å². The van der Waals surface area contributed by atoms with Gasteiger partial charge in [0.1, 0.15) is 11.6 Å². The van der Waals surface area contributed by atoms with Crippen LogP contribution in [-0.4, -0.2) is 71.1 Å². The molecule has 0 aliphatic carbocycles. The van der Waals surface area contributed by atoms with Crippen LogP contribution in [0.4, 0.5) is 17.6 Å². The van der Waals surface area contributed by atoms with Crippen LogP contribution in [0.25, 0.3) is 16.6 Å². The predicted molar refractivity (Wildman–Crippen MR) is 160 cm³/mol. The highest BCUT2D eigenvalue weighted by Crippen LogP contribution is 2.34. The minimum atomic E-state index is -4.26. The zero-order valence-corrected chi connectivity index (χ0v) is 25.0. The Labute approximate surface area is 252 Å². The summed E-state index contributed by atoms with van der Waals surface area (Å²) in [5.41, 5.74) is 4.72. The smallest absolute Gasteiger partial charge is 0.401 e. The predicted octanol–water partition coefficient (Wildman–Crippen LogP) is 5.23. The van der Waals surface area contributed by atoms with Gasteiger partial charge >= 0.3 is 6.18 Å². The number of hydrogen-bond donors (Lipinski definition) is 2. The molecule has 1 atom stereocenters. The van der Waals surface area contributed by atoms with Crippen LogP contribution in [-0.2, 0) is 6.54 Å². The fraction of sp³-hybridized carbons (Fsp3) is 0.375. The van der Waals surface area contributed by atoms with Crippen LogP contribution in [0.15, 0.2) is 53.5 Å². The quantitative estimate of drug-likeness (QED) is 0.266. The number of piperazine rings is 1. The van der Waals surface area contributed by atoms with E-state index in [0.29, 0.717) is 35.7 Å². The van der Waals surface area contributed by atoms with E-state index < -0.39 is 18.6 Å². The van der Waals surface area contributed by atoms with E-state index >= 15 is 0 Å². The molecule has 4 heterocycles. The first-order chi connectivity index (χ1) is 20.9. The molecule has 12 heteroatoms. The highest BCUT2D eigenvalue weighted by molar-refractivity contribution is 5.98. The minimum absolute atomic E-state index is 0.0693. The second-order valence-electron chi connectivity index (χ2n) is 11.2. The Morgan fingerprint density at radius 2 is 1.75 bits per heavy atom. The van der Waals surface area contributed by atoms with E-state index in [1.54, 1.807) is 31.2 Å². The number of alkyl halides is 3. The van der Waals surface area contributed by atoms with E-state index in [9.17, 15) is 27.2 Å². The Balaban J connectivity index is 1.52. The van der Waals surface area contributed by atoms with Crippen molar-refractivity contribution in [2.75, 3.05) is 39.8 Å². The second kappa shape index (κ2) is 12.4. The summed E-state index contributed by atoms with van der Waals surface area (Å²) in [5, 5.41) is 2.86. The number of carbonyl (C=O) groups is 1. The van der Waals surface area contributed by atoms with Crippen LogP contribution < -0.4 is 15.6 Å². The molecule has 1 fully saturated rings. The number of aromatic amines is 1. The van der Waals surface area contributed by atoms with Gasteiger partial charge in [0.05, 0.1) is 31.3 Å². The lowest BCUT2D eigenvalue weighted by Crippen LogP contribution is -2.49. The number of nitrogens with one attached hydrogen (secondary N) is 2. The van der Waals surface area contributed by atoms with E-state index in [0.717, 1.165) is 22.3 Å². The minimum Gasteiger partial charge on any atom is -0.496 e. The molecule has 2 N–H and O–H groups in total. The molecular formula is C32H35F4N5O3. The number of hydrogen-bond acceptors (Lipinski definition) is 5. The number of aromatic nitrogens is 2. The lowest BCUT2D eigenvalue weighted by molar-refractivity contribution is -0.149. The lowest BCUT2D eigenvalue weighted by atomic mass is 9.98. The summed E-state index contributed by atoms with van der Waals surface area (Å²) in [4.78, 5) is 32.6. The number of nitrogens with zero attached hydrogens (tertiary/aromatic N) is 3. The van der Waals surface area contributed by atoms with Crippen LogP contribution in [0, 0.1) is 19.7 Å². The summed E-state index contributed by atoms with van der Waals surface area (Å²) in [5.74, 6) is -0.404. The Bertz CT molecular complexity index is 1720. The summed E-state index contributed by atoms with van der Waals surface area (Å²) in [7, 11) is 1.46. The highest BCUT2D eigenvalue weighted by atomic mass is 19.4. The molecule has 0 saturated carbocycles. The van der Waals surface area contributed by atoms with Crippen molar-refractivity contribution in [1.82, 2.24) is 24.5 Å². The van der Waals surface area contributed by atoms with E-state index in [2.05, 4.69) is 15.2 Å². The van der Waals surface area contributed by atoms with Gasteiger partial charge in [-0.25, -0.2) is 4.39 Å². The number of H-pyrrole nitrogens is 1. The zero-order chi connectivity index (χ0) is 31.8. The first kappa shape index (κ1) is 31.3. The molecule has 4 aromatic rings. The lowest BCUT2D eigenvalue weighted by Gasteiger charge is -2.39. The van der Waals surface area contributed by atoms with Crippen molar-refractivity contribution in [3.63, 3.8) is 0 Å². The Morgan fingerprint density at radius 1 is 1.07 bits per heavy atom. The molecule has 1 aliphatic heterocycles. The first-order valence-corrected chi connectivity index (χ1v) is 14.3. The number of methoxy groups -OCH3 is 1. The fourth-order valence-corrected chi connectivity index (χ4v) is 6.02. The average Bonchev–Trinajstić information content (AvgIpc) is 3.39. The monoisotopic (exact) mass is 613 g/mol.